The lowest BCUT2D eigenvalue weighted by atomic mass is 9.86. The second-order valence-electron chi connectivity index (χ2n) is 7.43. The van der Waals surface area contributed by atoms with E-state index in [1.54, 1.807) is 19.1 Å². The molecule has 10 heteroatoms. The predicted molar refractivity (Wildman–Crippen MR) is 117 cm³/mol. The minimum Gasteiger partial charge on any atom is -0.449 e. The number of benzene rings is 2. The summed E-state index contributed by atoms with van der Waals surface area (Å²) in [4.78, 5) is 17.0. The Labute approximate surface area is 193 Å². The van der Waals surface area contributed by atoms with Crippen molar-refractivity contribution < 1.29 is 27.5 Å². The van der Waals surface area contributed by atoms with Crippen molar-refractivity contribution in [1.82, 2.24) is 0 Å². The van der Waals surface area contributed by atoms with E-state index in [0.717, 1.165) is 25.0 Å². The molecule has 1 aliphatic heterocycles. The maximum atomic E-state index is 14.2. The van der Waals surface area contributed by atoms with Gasteiger partial charge in [0.15, 0.2) is 0 Å². The van der Waals surface area contributed by atoms with Crippen LogP contribution in [0.1, 0.15) is 42.9 Å². The van der Waals surface area contributed by atoms with Crippen LogP contribution in [0.3, 0.4) is 0 Å². The summed E-state index contributed by atoms with van der Waals surface area (Å²) < 4.78 is 47.6. The van der Waals surface area contributed by atoms with Crippen molar-refractivity contribution in [1.29, 1.82) is 0 Å². The minimum absolute atomic E-state index is 0.0524. The predicted octanol–water partition coefficient (Wildman–Crippen LogP) is 7.23. The molecule has 0 fully saturated rings. The maximum absolute atomic E-state index is 14.2. The van der Waals surface area contributed by atoms with Crippen LogP contribution in [0.2, 0.25) is 10.0 Å². The molecule has 2 aromatic carbocycles. The van der Waals surface area contributed by atoms with Crippen LogP contribution < -0.4 is 5.32 Å². The number of ether oxygens (including phenoxy) is 1. The first-order chi connectivity index (χ1) is 15.1. The maximum Gasteiger partial charge on any atom is 0.435 e. The van der Waals surface area contributed by atoms with Crippen LogP contribution in [-0.4, -0.2) is 24.6 Å². The van der Waals surface area contributed by atoms with Gasteiger partial charge in [0.25, 0.3) is 5.60 Å². The fourth-order valence-electron chi connectivity index (χ4n) is 3.24. The molecule has 32 heavy (non-hydrogen) atoms. The minimum atomic E-state index is -4.79. The van der Waals surface area contributed by atoms with Crippen molar-refractivity contribution in [3.63, 3.8) is 0 Å². The van der Waals surface area contributed by atoms with Crippen molar-refractivity contribution in [2.24, 2.45) is 5.16 Å². The van der Waals surface area contributed by atoms with E-state index < -0.39 is 24.3 Å². The molecule has 3 rings (SSSR count). The number of unbranched alkanes of at least 4 members (excludes halogenated alkanes) is 1. The van der Waals surface area contributed by atoms with Gasteiger partial charge in [0.2, 0.25) is 0 Å². The van der Waals surface area contributed by atoms with E-state index in [4.69, 9.17) is 32.8 Å². The Bertz CT molecular complexity index is 1020. The third-order valence-electron chi connectivity index (χ3n) is 5.05. The van der Waals surface area contributed by atoms with Crippen LogP contribution in [0.4, 0.5) is 23.7 Å². The zero-order chi connectivity index (χ0) is 23.5. The standard InChI is InChI=1S/C22H21Cl2F3N2O3/c1-3-4-7-31-20(30)28-18-8-14(6-5-13(18)2)19-12-21(32-29-19,22(25,26)27)15-9-16(23)11-17(24)10-15/h5-6,8-11H,3-4,7,12H2,1-2H3,(H,28,30). The normalized spacial score (nSPS) is 18.2. The first-order valence-electron chi connectivity index (χ1n) is 9.89. The van der Waals surface area contributed by atoms with Gasteiger partial charge in [-0.15, -0.1) is 0 Å². The summed E-state index contributed by atoms with van der Waals surface area (Å²) in [5, 5.41) is 6.46. The molecule has 2 aromatic rings. The highest BCUT2D eigenvalue weighted by Gasteiger charge is 2.62. The summed E-state index contributed by atoms with van der Waals surface area (Å²) in [6.45, 7) is 4.00. The fourth-order valence-corrected chi connectivity index (χ4v) is 3.76. The molecule has 1 amide bonds. The van der Waals surface area contributed by atoms with Crippen LogP contribution >= 0.6 is 23.2 Å². The van der Waals surface area contributed by atoms with Crippen molar-refractivity contribution in [2.45, 2.75) is 44.9 Å². The van der Waals surface area contributed by atoms with Gasteiger partial charge in [-0.1, -0.05) is 53.8 Å². The van der Waals surface area contributed by atoms with Gasteiger partial charge < -0.3 is 9.57 Å². The average Bonchev–Trinajstić information content (AvgIpc) is 3.16. The number of hydrogen-bond donors (Lipinski definition) is 1. The molecule has 0 bridgehead atoms. The van der Waals surface area contributed by atoms with E-state index >= 15 is 0 Å². The van der Waals surface area contributed by atoms with Gasteiger partial charge in [-0.05, 0) is 43.2 Å². The lowest BCUT2D eigenvalue weighted by molar-refractivity contribution is -0.275. The molecule has 1 aliphatic rings. The molecule has 172 valence electrons. The molecule has 1 heterocycles. The SMILES string of the molecule is CCCCOC(=O)Nc1cc(C2=NOC(c3cc(Cl)cc(Cl)c3)(C(F)(F)F)C2)ccc1C. The first kappa shape index (κ1) is 24.2. The Morgan fingerprint density at radius 1 is 1.22 bits per heavy atom. The lowest BCUT2D eigenvalue weighted by Crippen LogP contribution is -2.42. The van der Waals surface area contributed by atoms with Gasteiger partial charge in [-0.25, -0.2) is 4.79 Å². The number of nitrogens with zero attached hydrogens (tertiary/aromatic N) is 1. The van der Waals surface area contributed by atoms with Gasteiger partial charge in [0, 0.05) is 33.3 Å². The highest BCUT2D eigenvalue weighted by Crippen LogP contribution is 2.49. The van der Waals surface area contributed by atoms with Crippen molar-refractivity contribution in [3.8, 4) is 0 Å². The van der Waals surface area contributed by atoms with Crippen LogP contribution in [0.25, 0.3) is 0 Å². The number of alkyl halides is 3. The summed E-state index contributed by atoms with van der Waals surface area (Å²) in [5.41, 5.74) is -1.41. The number of anilines is 1. The molecule has 0 aliphatic carbocycles. The van der Waals surface area contributed by atoms with Crippen LogP contribution in [0.5, 0.6) is 0 Å². The summed E-state index contributed by atoms with van der Waals surface area (Å²) in [6, 6.07) is 8.48. The lowest BCUT2D eigenvalue weighted by Gasteiger charge is -2.29. The molecule has 0 saturated heterocycles. The van der Waals surface area contributed by atoms with Gasteiger partial charge in [0.05, 0.1) is 12.3 Å². The number of hydrogen-bond acceptors (Lipinski definition) is 4. The van der Waals surface area contributed by atoms with Crippen molar-refractivity contribution in [3.05, 3.63) is 63.1 Å². The van der Waals surface area contributed by atoms with E-state index in [1.807, 2.05) is 6.92 Å². The van der Waals surface area contributed by atoms with Crippen molar-refractivity contribution in [2.75, 3.05) is 11.9 Å². The number of amides is 1. The zero-order valence-corrected chi connectivity index (χ0v) is 18.9. The Balaban J connectivity index is 1.87. The van der Waals surface area contributed by atoms with Crippen LogP contribution in [0, 0.1) is 6.92 Å². The highest BCUT2D eigenvalue weighted by atomic mass is 35.5. The quantitative estimate of drug-likeness (QED) is 0.436. The van der Waals surface area contributed by atoms with E-state index in [1.165, 1.54) is 12.1 Å². The molecular formula is C22H21Cl2F3N2O3. The molecule has 1 atom stereocenters. The molecule has 1 N–H and O–H groups in total. The molecule has 0 radical (unpaired) electrons. The summed E-state index contributed by atoms with van der Waals surface area (Å²) in [7, 11) is 0. The summed E-state index contributed by atoms with van der Waals surface area (Å²) >= 11 is 11.9. The zero-order valence-electron chi connectivity index (χ0n) is 17.4. The van der Waals surface area contributed by atoms with E-state index in [0.29, 0.717) is 16.8 Å². The highest BCUT2D eigenvalue weighted by molar-refractivity contribution is 6.34. The number of carbonyl (C=O) groups is 1. The second-order valence-corrected chi connectivity index (χ2v) is 8.31. The molecule has 1 unspecified atom stereocenters. The van der Waals surface area contributed by atoms with E-state index in [-0.39, 0.29) is 27.9 Å². The topological polar surface area (TPSA) is 59.9 Å². The van der Waals surface area contributed by atoms with E-state index in [2.05, 4.69) is 10.5 Å². The number of nitrogens with one attached hydrogen (secondary N) is 1. The number of rotatable bonds is 6. The molecule has 5 nitrogen and oxygen atoms in total. The Morgan fingerprint density at radius 3 is 2.53 bits per heavy atom. The van der Waals surface area contributed by atoms with Gasteiger partial charge in [0.1, 0.15) is 0 Å². The monoisotopic (exact) mass is 488 g/mol. The van der Waals surface area contributed by atoms with E-state index in [9.17, 15) is 18.0 Å². The number of aryl methyl sites for hydroxylation is 1. The third kappa shape index (κ3) is 5.13. The third-order valence-corrected chi connectivity index (χ3v) is 5.49. The molecular weight excluding hydrogens is 468 g/mol. The van der Waals surface area contributed by atoms with Crippen LogP contribution in [-0.2, 0) is 15.2 Å². The first-order valence-corrected chi connectivity index (χ1v) is 10.6. The van der Waals surface area contributed by atoms with Gasteiger partial charge >= 0.3 is 12.3 Å². The largest absolute Gasteiger partial charge is 0.449 e. The molecule has 0 saturated carbocycles. The summed E-state index contributed by atoms with van der Waals surface area (Å²) in [6.07, 6.45) is -4.41. The molecule has 0 spiro atoms. The second kappa shape index (κ2) is 9.58. The molecule has 0 aromatic heterocycles. The van der Waals surface area contributed by atoms with Gasteiger partial charge in [-0.3, -0.25) is 5.32 Å². The fraction of sp³-hybridized carbons (Fsp3) is 0.364. The number of halogens is 5. The smallest absolute Gasteiger partial charge is 0.435 e. The van der Waals surface area contributed by atoms with Crippen molar-refractivity contribution >= 4 is 40.7 Å². The Morgan fingerprint density at radius 2 is 1.91 bits per heavy atom. The number of oxime groups is 1. The van der Waals surface area contributed by atoms with Crippen LogP contribution in [0.15, 0.2) is 41.6 Å². The van der Waals surface area contributed by atoms with Gasteiger partial charge in [-0.2, -0.15) is 13.2 Å². The Hall–Kier alpha value is -2.45. The summed E-state index contributed by atoms with van der Waals surface area (Å²) in [5.74, 6) is 0. The average molecular weight is 489 g/mol. The Kier molecular flexibility index (Phi) is 7.25. The number of carbonyl (C=O) groups excluding carboxylic acids is 1.